The van der Waals surface area contributed by atoms with Crippen LogP contribution in [0.5, 0.6) is 0 Å². The molecule has 3 nitrogen and oxygen atoms in total. The molecule has 6 aromatic rings. The minimum absolute atomic E-state index is 0.0181. The number of rotatable bonds is 3. The lowest BCUT2D eigenvalue weighted by molar-refractivity contribution is 0.569. The monoisotopic (exact) mass is 618 g/mol. The summed E-state index contributed by atoms with van der Waals surface area (Å²) in [6.07, 6.45) is 1.18. The summed E-state index contributed by atoms with van der Waals surface area (Å²) in [5.41, 5.74) is 4.30. The molecule has 0 unspecified atom stereocenters. The highest BCUT2D eigenvalue weighted by atomic mass is 16.3. The Morgan fingerprint density at radius 1 is 0.609 bits per heavy atom. The molecule has 0 aliphatic carbocycles. The first kappa shape index (κ1) is 21.5. The van der Waals surface area contributed by atoms with E-state index in [-0.39, 0.29) is 61.7 Å². The van der Waals surface area contributed by atoms with Gasteiger partial charge in [0, 0.05) is 40.4 Å². The maximum Gasteiger partial charge on any atom is 0.227 e. The zero-order valence-electron chi connectivity index (χ0n) is 38.2. The van der Waals surface area contributed by atoms with Gasteiger partial charge in [0.05, 0.1) is 12.8 Å². The third-order valence-electron chi connectivity index (χ3n) is 8.70. The highest BCUT2D eigenvalue weighted by Crippen LogP contribution is 2.40. The van der Waals surface area contributed by atoms with Crippen LogP contribution in [0.25, 0.3) is 55.7 Å². The topological polar surface area (TPSA) is 38.9 Å². The van der Waals surface area contributed by atoms with Crippen LogP contribution in [0.3, 0.4) is 0 Å². The summed E-state index contributed by atoms with van der Waals surface area (Å²) >= 11 is 0. The lowest BCUT2D eigenvalue weighted by Gasteiger charge is -2.26. The molecule has 0 bridgehead atoms. The van der Waals surface area contributed by atoms with E-state index >= 15 is 0 Å². The van der Waals surface area contributed by atoms with Crippen LogP contribution < -0.4 is 0 Å². The highest BCUT2D eigenvalue weighted by molar-refractivity contribution is 6.10. The smallest absolute Gasteiger partial charge is 0.227 e. The number of nitrogens with zero attached hydrogens (tertiary/aromatic N) is 2. The Hall–Kier alpha value is -4.24. The molecule has 0 spiro atoms. The van der Waals surface area contributed by atoms with Gasteiger partial charge < -0.3 is 4.42 Å². The number of hydrogen-bond acceptors (Lipinski definition) is 3. The maximum atomic E-state index is 9.07. The lowest BCUT2D eigenvalue weighted by Crippen LogP contribution is -2.16. The number of fused-ring (bicyclic) bond motifs is 3. The van der Waals surface area contributed by atoms with Crippen molar-refractivity contribution in [1.29, 1.82) is 0 Å². The van der Waals surface area contributed by atoms with Gasteiger partial charge >= 0.3 is 0 Å². The molecule has 0 aliphatic heterocycles. The summed E-state index contributed by atoms with van der Waals surface area (Å²) in [5, 5.41) is 0.799. The maximum absolute atomic E-state index is 9.07. The van der Waals surface area contributed by atoms with Gasteiger partial charge in [-0.1, -0.05) is 92.6 Å². The molecule has 0 atom stereocenters. The van der Waals surface area contributed by atoms with Crippen LogP contribution in [0.2, 0.25) is 0 Å². The van der Waals surface area contributed by atoms with E-state index in [1.807, 2.05) is 32.9 Å². The summed E-state index contributed by atoms with van der Waals surface area (Å²) in [7, 11) is 0. The SMILES string of the molecule is [2H]c1cc(C(C)(C)C)cc(C([2H])([2H])[2H])c1-c1cc(-c2ccc(C([2H])([2H])[2H])c3c2oc2nc(-c4cc(C(C)(C)C)cc(C(C)(C)C)c4)ccc23)ncc1C([2H])([2H])[2H]. The summed E-state index contributed by atoms with van der Waals surface area (Å²) in [4.78, 5) is 9.48. The van der Waals surface area contributed by atoms with Crippen LogP contribution in [0.4, 0.5) is 0 Å². The van der Waals surface area contributed by atoms with Crippen molar-refractivity contribution < 1.29 is 18.1 Å². The van der Waals surface area contributed by atoms with Crippen molar-refractivity contribution in [1.82, 2.24) is 9.97 Å². The van der Waals surface area contributed by atoms with Gasteiger partial charge in [0.1, 0.15) is 5.58 Å². The van der Waals surface area contributed by atoms with Crippen molar-refractivity contribution >= 4 is 22.1 Å². The first-order valence-corrected chi connectivity index (χ1v) is 15.7. The Morgan fingerprint density at radius 2 is 1.28 bits per heavy atom. The molecule has 0 radical (unpaired) electrons. The molecule has 0 fully saturated rings. The van der Waals surface area contributed by atoms with Crippen LogP contribution >= 0.6 is 0 Å². The Morgan fingerprint density at radius 3 is 1.91 bits per heavy atom. The van der Waals surface area contributed by atoms with Crippen LogP contribution in [-0.2, 0) is 16.2 Å². The summed E-state index contributed by atoms with van der Waals surface area (Å²) in [5.74, 6) is 0. The van der Waals surface area contributed by atoms with Crippen LogP contribution in [0.1, 0.15) is 109 Å². The first-order chi connectivity index (χ1) is 25.5. The molecule has 0 amide bonds. The molecule has 3 heteroatoms. The van der Waals surface area contributed by atoms with Crippen molar-refractivity contribution in [2.45, 2.75) is 99.1 Å². The average Bonchev–Trinajstić information content (AvgIpc) is 3.43. The Kier molecular flexibility index (Phi) is 5.12. The summed E-state index contributed by atoms with van der Waals surface area (Å²) < 4.78 is 91.2. The third kappa shape index (κ3) is 5.77. The molecule has 46 heavy (non-hydrogen) atoms. The third-order valence-corrected chi connectivity index (χ3v) is 8.70. The molecule has 3 aromatic heterocycles. The predicted molar refractivity (Wildman–Crippen MR) is 196 cm³/mol. The lowest BCUT2D eigenvalue weighted by atomic mass is 9.79. The molecule has 0 saturated carbocycles. The molecule has 3 aromatic carbocycles. The fourth-order valence-electron chi connectivity index (χ4n) is 5.73. The van der Waals surface area contributed by atoms with Gasteiger partial charge in [-0.3, -0.25) is 4.98 Å². The van der Waals surface area contributed by atoms with E-state index in [1.54, 1.807) is 12.1 Å². The van der Waals surface area contributed by atoms with Gasteiger partial charge in [0.2, 0.25) is 5.71 Å². The number of hydrogen-bond donors (Lipinski definition) is 0. The van der Waals surface area contributed by atoms with Gasteiger partial charge in [-0.25, -0.2) is 4.98 Å². The number of pyridine rings is 2. The second-order valence-electron chi connectivity index (χ2n) is 15.4. The first-order valence-electron chi connectivity index (χ1n) is 20.7. The van der Waals surface area contributed by atoms with E-state index in [9.17, 15) is 0 Å². The van der Waals surface area contributed by atoms with E-state index in [0.29, 0.717) is 27.6 Å². The van der Waals surface area contributed by atoms with Crippen molar-refractivity contribution in [2.75, 3.05) is 0 Å². The minimum atomic E-state index is -2.71. The number of furan rings is 1. The quantitative estimate of drug-likeness (QED) is 0.198. The van der Waals surface area contributed by atoms with E-state index in [1.165, 1.54) is 24.4 Å². The van der Waals surface area contributed by atoms with Crippen LogP contribution in [-0.4, -0.2) is 9.97 Å². The second kappa shape index (κ2) is 10.9. The fourth-order valence-corrected chi connectivity index (χ4v) is 5.73. The highest BCUT2D eigenvalue weighted by Gasteiger charge is 2.23. The standard InChI is InChI=1S/C43H48N2O/c1-25-13-15-33(37-23-35(27(3)24-44-37)32-16-14-29(19-26(32)2)41(4,5)6)39-38(25)34-17-18-36(45-40(34)46-39)28-20-30(42(7,8)9)22-31(21-28)43(10,11)12/h13-24H,1-12H3/i1D3,2D3,3D3,16D. The summed E-state index contributed by atoms with van der Waals surface area (Å²) in [6, 6.07) is 17.6. The van der Waals surface area contributed by atoms with Crippen molar-refractivity contribution in [3.8, 4) is 33.6 Å². The number of benzene rings is 3. The van der Waals surface area contributed by atoms with Crippen molar-refractivity contribution in [2.24, 2.45) is 0 Å². The number of aryl methyl sites for hydroxylation is 3. The fraction of sp³-hybridized carbons (Fsp3) is 0.349. The normalized spacial score (nSPS) is 16.8. The second-order valence-corrected chi connectivity index (χ2v) is 15.4. The van der Waals surface area contributed by atoms with E-state index in [2.05, 4.69) is 64.7 Å². The Balaban J connectivity index is 1.65. The molecule has 6 rings (SSSR count). The average molecular weight is 619 g/mol. The summed E-state index contributed by atoms with van der Waals surface area (Å²) in [6.45, 7) is 10.8. The van der Waals surface area contributed by atoms with Gasteiger partial charge in [-0.2, -0.15) is 0 Å². The Bertz CT molecular complexity index is 2470. The predicted octanol–water partition coefficient (Wildman–Crippen LogP) is 12.2. The zero-order chi connectivity index (χ0) is 41.7. The molecule has 0 aliphatic rings. The number of aromatic nitrogens is 2. The van der Waals surface area contributed by atoms with E-state index < -0.39 is 26.0 Å². The van der Waals surface area contributed by atoms with Gasteiger partial charge in [-0.05, 0) is 118 Å². The largest absolute Gasteiger partial charge is 0.437 e. The molecule has 3 heterocycles. The van der Waals surface area contributed by atoms with Crippen molar-refractivity contribution in [3.05, 3.63) is 106 Å². The zero-order valence-corrected chi connectivity index (χ0v) is 28.2. The molecular formula is C43H48N2O. The van der Waals surface area contributed by atoms with Gasteiger partial charge in [0.15, 0.2) is 0 Å². The van der Waals surface area contributed by atoms with Crippen molar-refractivity contribution in [3.63, 3.8) is 0 Å². The van der Waals surface area contributed by atoms with E-state index in [0.717, 1.165) is 16.7 Å². The van der Waals surface area contributed by atoms with Crippen LogP contribution in [0.15, 0.2) is 77.3 Å². The van der Waals surface area contributed by atoms with E-state index in [4.69, 9.17) is 23.1 Å². The molecule has 0 saturated heterocycles. The van der Waals surface area contributed by atoms with Gasteiger partial charge in [-0.15, -0.1) is 0 Å². The van der Waals surface area contributed by atoms with Crippen LogP contribution in [0, 0.1) is 20.6 Å². The van der Waals surface area contributed by atoms with Gasteiger partial charge in [0.25, 0.3) is 0 Å². The molecule has 0 N–H and O–H groups in total. The minimum Gasteiger partial charge on any atom is -0.437 e. The Labute approximate surface area is 289 Å². The molecule has 236 valence electrons. The molecular weight excluding hydrogens is 560 g/mol.